The average Bonchev–Trinajstić information content (AvgIpc) is 1.89. The first-order valence-corrected chi connectivity index (χ1v) is 3.15. The van der Waals surface area contributed by atoms with Crippen molar-refractivity contribution in [1.82, 2.24) is 0 Å². The molecule has 3 nitrogen and oxygen atoms in total. The number of hydrogen-bond donors (Lipinski definition) is 1. The number of hydrogen-bond acceptors (Lipinski definition) is 3. The summed E-state index contributed by atoms with van der Waals surface area (Å²) in [6.07, 6.45) is 0.663. The van der Waals surface area contributed by atoms with E-state index in [1.54, 1.807) is 0 Å². The Morgan fingerprint density at radius 3 is 2.40 bits per heavy atom. The SMILES string of the molecule is CC(C)(C=O)C(=O)CCO. The van der Waals surface area contributed by atoms with Crippen LogP contribution in [0.4, 0.5) is 0 Å². The van der Waals surface area contributed by atoms with Crippen LogP contribution in [0.3, 0.4) is 0 Å². The molecule has 0 unspecified atom stereocenters. The molecule has 0 aromatic carbocycles. The highest BCUT2D eigenvalue weighted by molar-refractivity contribution is 5.97. The summed E-state index contributed by atoms with van der Waals surface area (Å²) in [5.41, 5.74) is -0.928. The summed E-state index contributed by atoms with van der Waals surface area (Å²) in [6.45, 7) is 2.89. The van der Waals surface area contributed by atoms with Gasteiger partial charge in [-0.2, -0.15) is 0 Å². The Morgan fingerprint density at radius 2 is 2.10 bits per heavy atom. The van der Waals surface area contributed by atoms with E-state index in [1.165, 1.54) is 13.8 Å². The molecule has 0 aromatic rings. The van der Waals surface area contributed by atoms with Gasteiger partial charge in [-0.3, -0.25) is 4.79 Å². The minimum absolute atomic E-state index is 0.0612. The van der Waals surface area contributed by atoms with Crippen molar-refractivity contribution in [2.45, 2.75) is 20.3 Å². The zero-order chi connectivity index (χ0) is 8.20. The molecular weight excluding hydrogens is 132 g/mol. The zero-order valence-electron chi connectivity index (χ0n) is 6.26. The van der Waals surface area contributed by atoms with Gasteiger partial charge in [0, 0.05) is 13.0 Å². The fourth-order valence-corrected chi connectivity index (χ4v) is 0.489. The van der Waals surface area contributed by atoms with Crippen LogP contribution in [0.1, 0.15) is 20.3 Å². The van der Waals surface area contributed by atoms with Crippen LogP contribution < -0.4 is 0 Å². The molecule has 0 saturated carbocycles. The first kappa shape index (κ1) is 9.30. The number of aldehydes is 1. The van der Waals surface area contributed by atoms with Crippen LogP contribution in [0.15, 0.2) is 0 Å². The molecule has 58 valence electrons. The fourth-order valence-electron chi connectivity index (χ4n) is 0.489. The predicted molar refractivity (Wildman–Crippen MR) is 36.6 cm³/mol. The molecule has 0 atom stereocenters. The van der Waals surface area contributed by atoms with E-state index in [2.05, 4.69) is 0 Å². The summed E-state index contributed by atoms with van der Waals surface area (Å²) >= 11 is 0. The van der Waals surface area contributed by atoms with E-state index >= 15 is 0 Å². The van der Waals surface area contributed by atoms with E-state index in [0.29, 0.717) is 6.29 Å². The molecule has 0 aliphatic rings. The molecule has 0 bridgehead atoms. The standard InChI is InChI=1S/C7H12O3/c1-7(2,5-9)6(10)3-4-8/h5,8H,3-4H2,1-2H3. The van der Waals surface area contributed by atoms with Crippen LogP contribution >= 0.6 is 0 Å². The molecule has 3 heteroatoms. The van der Waals surface area contributed by atoms with Crippen molar-refractivity contribution in [3.63, 3.8) is 0 Å². The van der Waals surface area contributed by atoms with E-state index in [4.69, 9.17) is 5.11 Å². The van der Waals surface area contributed by atoms with Crippen LogP contribution in [-0.4, -0.2) is 23.8 Å². The van der Waals surface area contributed by atoms with Gasteiger partial charge in [-0.05, 0) is 13.8 Å². The van der Waals surface area contributed by atoms with Gasteiger partial charge in [-0.15, -0.1) is 0 Å². The largest absolute Gasteiger partial charge is 0.396 e. The summed E-state index contributed by atoms with van der Waals surface area (Å²) < 4.78 is 0. The molecule has 0 spiro atoms. The van der Waals surface area contributed by atoms with E-state index in [9.17, 15) is 9.59 Å². The summed E-state index contributed by atoms with van der Waals surface area (Å²) in [5.74, 6) is -0.218. The molecule has 0 aliphatic carbocycles. The lowest BCUT2D eigenvalue weighted by Crippen LogP contribution is -2.26. The van der Waals surface area contributed by atoms with E-state index in [-0.39, 0.29) is 18.8 Å². The number of carbonyl (C=O) groups is 2. The second-order valence-corrected chi connectivity index (χ2v) is 2.74. The molecule has 1 N–H and O–H groups in total. The van der Waals surface area contributed by atoms with Crippen molar-refractivity contribution in [1.29, 1.82) is 0 Å². The van der Waals surface area contributed by atoms with Crippen LogP contribution in [0, 0.1) is 5.41 Å². The summed E-state index contributed by atoms with van der Waals surface area (Å²) in [6, 6.07) is 0. The second kappa shape index (κ2) is 3.46. The molecule has 0 aromatic heterocycles. The summed E-state index contributed by atoms with van der Waals surface area (Å²) in [7, 11) is 0. The number of rotatable bonds is 4. The monoisotopic (exact) mass is 144 g/mol. The maximum Gasteiger partial charge on any atom is 0.147 e. The number of Topliss-reactive ketones (excluding diaryl/α,β-unsaturated/α-hetero) is 1. The van der Waals surface area contributed by atoms with Gasteiger partial charge in [-0.1, -0.05) is 0 Å². The Labute approximate surface area is 60.0 Å². The van der Waals surface area contributed by atoms with E-state index in [1.807, 2.05) is 0 Å². The lowest BCUT2D eigenvalue weighted by molar-refractivity contribution is -0.133. The van der Waals surface area contributed by atoms with Crippen LogP contribution in [0.5, 0.6) is 0 Å². The molecule has 0 radical (unpaired) electrons. The molecular formula is C7H12O3. The lowest BCUT2D eigenvalue weighted by Gasteiger charge is -2.13. The molecule has 10 heavy (non-hydrogen) atoms. The van der Waals surface area contributed by atoms with Crippen molar-refractivity contribution >= 4 is 12.1 Å². The summed E-state index contributed by atoms with van der Waals surface area (Å²) in [4.78, 5) is 21.1. The van der Waals surface area contributed by atoms with Gasteiger partial charge in [0.2, 0.25) is 0 Å². The highest BCUT2D eigenvalue weighted by Crippen LogP contribution is 2.13. The third-order valence-corrected chi connectivity index (χ3v) is 1.35. The maximum atomic E-state index is 10.9. The molecule has 0 heterocycles. The lowest BCUT2D eigenvalue weighted by atomic mass is 9.88. The highest BCUT2D eigenvalue weighted by atomic mass is 16.3. The van der Waals surface area contributed by atoms with Gasteiger partial charge in [-0.25, -0.2) is 0 Å². The van der Waals surface area contributed by atoms with Crippen LogP contribution in [-0.2, 0) is 9.59 Å². The third-order valence-electron chi connectivity index (χ3n) is 1.35. The second-order valence-electron chi connectivity index (χ2n) is 2.74. The Hall–Kier alpha value is -0.700. The Kier molecular flexibility index (Phi) is 3.22. The van der Waals surface area contributed by atoms with E-state index in [0.717, 1.165) is 0 Å². The highest BCUT2D eigenvalue weighted by Gasteiger charge is 2.25. The summed E-state index contributed by atoms with van der Waals surface area (Å²) in [5, 5.41) is 8.36. The van der Waals surface area contributed by atoms with Crippen molar-refractivity contribution in [3.05, 3.63) is 0 Å². The quantitative estimate of drug-likeness (QED) is 0.451. The fraction of sp³-hybridized carbons (Fsp3) is 0.714. The maximum absolute atomic E-state index is 10.9. The van der Waals surface area contributed by atoms with Gasteiger partial charge in [0.25, 0.3) is 0 Å². The van der Waals surface area contributed by atoms with Crippen molar-refractivity contribution < 1.29 is 14.7 Å². The first-order valence-electron chi connectivity index (χ1n) is 3.15. The predicted octanol–water partition coefficient (Wildman–Crippen LogP) is 0.163. The van der Waals surface area contributed by atoms with Crippen LogP contribution in [0.2, 0.25) is 0 Å². The van der Waals surface area contributed by atoms with Crippen molar-refractivity contribution in [2.75, 3.05) is 6.61 Å². The van der Waals surface area contributed by atoms with Gasteiger partial charge in [0.15, 0.2) is 0 Å². The number of carbonyl (C=O) groups excluding carboxylic acids is 2. The minimum atomic E-state index is -0.928. The van der Waals surface area contributed by atoms with Gasteiger partial charge in [0.05, 0.1) is 5.41 Å². The molecule has 0 rings (SSSR count). The van der Waals surface area contributed by atoms with Gasteiger partial charge < -0.3 is 9.90 Å². The van der Waals surface area contributed by atoms with Crippen molar-refractivity contribution in [2.24, 2.45) is 5.41 Å². The molecule has 0 fully saturated rings. The zero-order valence-corrected chi connectivity index (χ0v) is 6.26. The topological polar surface area (TPSA) is 54.4 Å². The first-order chi connectivity index (χ1) is 4.54. The van der Waals surface area contributed by atoms with Gasteiger partial charge in [0.1, 0.15) is 12.1 Å². The molecule has 0 amide bonds. The Bertz CT molecular complexity index is 138. The molecule has 0 saturated heterocycles. The van der Waals surface area contributed by atoms with Gasteiger partial charge >= 0.3 is 0 Å². The Morgan fingerprint density at radius 1 is 1.60 bits per heavy atom. The van der Waals surface area contributed by atoms with E-state index < -0.39 is 5.41 Å². The number of aliphatic hydroxyl groups is 1. The number of aliphatic hydroxyl groups excluding tert-OH is 1. The Balaban J connectivity index is 4.04. The molecule has 0 aliphatic heterocycles. The van der Waals surface area contributed by atoms with Crippen molar-refractivity contribution in [3.8, 4) is 0 Å². The minimum Gasteiger partial charge on any atom is -0.396 e. The smallest absolute Gasteiger partial charge is 0.147 e. The number of ketones is 1. The average molecular weight is 144 g/mol. The van der Waals surface area contributed by atoms with Crippen LogP contribution in [0.25, 0.3) is 0 Å². The normalized spacial score (nSPS) is 11.1. The third kappa shape index (κ3) is 2.27.